The Balaban J connectivity index is 1.88. The van der Waals surface area contributed by atoms with E-state index < -0.39 is 64.4 Å². The van der Waals surface area contributed by atoms with Gasteiger partial charge < -0.3 is 11.1 Å². The predicted octanol–water partition coefficient (Wildman–Crippen LogP) is 5.49. The fourth-order valence-electron chi connectivity index (χ4n) is 3.77. The minimum Gasteiger partial charge on any atom is -0.365 e. The lowest BCUT2D eigenvalue weighted by Gasteiger charge is -2.13. The quantitative estimate of drug-likeness (QED) is 0.273. The Morgan fingerprint density at radius 3 is 2.36 bits per heavy atom. The average Bonchev–Trinajstić information content (AvgIpc) is 3.46. The van der Waals surface area contributed by atoms with E-state index in [2.05, 4.69) is 20.5 Å². The van der Waals surface area contributed by atoms with Crippen molar-refractivity contribution in [2.75, 3.05) is 5.32 Å². The highest BCUT2D eigenvalue weighted by molar-refractivity contribution is 7.21. The highest BCUT2D eigenvalue weighted by atomic mass is 35.5. The van der Waals surface area contributed by atoms with Crippen molar-refractivity contribution >= 4 is 50.7 Å². The zero-order chi connectivity index (χ0) is 29.0. The van der Waals surface area contributed by atoms with Crippen LogP contribution in [0.4, 0.5) is 36.4 Å². The van der Waals surface area contributed by atoms with Gasteiger partial charge in [-0.15, -0.1) is 11.3 Å². The highest BCUT2D eigenvalue weighted by Crippen LogP contribution is 2.44. The van der Waals surface area contributed by atoms with Crippen LogP contribution in [0.3, 0.4) is 0 Å². The molecule has 0 aliphatic rings. The molecule has 0 radical (unpaired) electrons. The molecule has 4 rings (SSSR count). The van der Waals surface area contributed by atoms with E-state index in [4.69, 9.17) is 17.3 Å². The fraction of sp³-hybridized carbons (Fsp3) is 0.286. The van der Waals surface area contributed by atoms with E-state index in [0.29, 0.717) is 23.1 Å². The molecule has 3 N–H and O–H groups in total. The number of amides is 2. The number of hydrogen-bond acceptors (Lipinski definition) is 6. The van der Waals surface area contributed by atoms with Crippen molar-refractivity contribution in [1.82, 2.24) is 24.5 Å². The number of carbonyl (C=O) groups is 2. The van der Waals surface area contributed by atoms with Crippen LogP contribution in [0.5, 0.6) is 0 Å². The molecule has 0 fully saturated rings. The van der Waals surface area contributed by atoms with E-state index in [-0.39, 0.29) is 31.7 Å². The fourth-order valence-corrected chi connectivity index (χ4v) is 5.08. The van der Waals surface area contributed by atoms with Gasteiger partial charge in [0, 0.05) is 23.7 Å². The summed E-state index contributed by atoms with van der Waals surface area (Å²) in [6.07, 6.45) is -10.3. The predicted molar refractivity (Wildman–Crippen MR) is 126 cm³/mol. The van der Waals surface area contributed by atoms with E-state index in [0.717, 1.165) is 0 Å². The summed E-state index contributed by atoms with van der Waals surface area (Å²) >= 11 is 6.07. The SMILES string of the molecule is Cc1c(-c2cc(C(F)(F)F)nc3sc(C(N)=O)c(NC(=O)Cn4nc(C(F)F)c(Cl)c4C(F)F)c23)cnn1C. The third-order valence-corrected chi connectivity index (χ3v) is 7.11. The van der Waals surface area contributed by atoms with Crippen LogP contribution in [0.1, 0.15) is 45.3 Å². The van der Waals surface area contributed by atoms with E-state index >= 15 is 0 Å². The van der Waals surface area contributed by atoms with Crippen LogP contribution in [0.25, 0.3) is 21.3 Å². The van der Waals surface area contributed by atoms with Gasteiger partial charge in [0.2, 0.25) is 5.91 Å². The van der Waals surface area contributed by atoms with Crippen LogP contribution in [0.2, 0.25) is 5.02 Å². The van der Waals surface area contributed by atoms with Gasteiger partial charge >= 0.3 is 6.18 Å². The van der Waals surface area contributed by atoms with E-state index in [1.807, 2.05) is 0 Å². The number of thiophene rings is 1. The molecule has 208 valence electrons. The molecule has 0 spiro atoms. The summed E-state index contributed by atoms with van der Waals surface area (Å²) < 4.78 is 95.9. The molecule has 0 aliphatic carbocycles. The van der Waals surface area contributed by atoms with Crippen LogP contribution in [-0.4, -0.2) is 36.4 Å². The summed E-state index contributed by atoms with van der Waals surface area (Å²) in [5.41, 5.74) is 1.98. The number of nitrogens with one attached hydrogen (secondary N) is 1. The van der Waals surface area contributed by atoms with Crippen LogP contribution in [0.15, 0.2) is 12.3 Å². The van der Waals surface area contributed by atoms with Crippen molar-refractivity contribution in [3.05, 3.63) is 44.9 Å². The lowest BCUT2D eigenvalue weighted by Crippen LogP contribution is -2.23. The minimum absolute atomic E-state index is 0.104. The number of hydrogen-bond donors (Lipinski definition) is 2. The van der Waals surface area contributed by atoms with Crippen molar-refractivity contribution in [2.24, 2.45) is 12.8 Å². The van der Waals surface area contributed by atoms with Crippen molar-refractivity contribution in [1.29, 1.82) is 0 Å². The third-order valence-electron chi connectivity index (χ3n) is 5.63. The van der Waals surface area contributed by atoms with Gasteiger partial charge in [0.25, 0.3) is 18.8 Å². The Labute approximate surface area is 222 Å². The molecule has 2 amide bonds. The number of rotatable bonds is 7. The molecule has 0 saturated carbocycles. The zero-order valence-corrected chi connectivity index (χ0v) is 21.2. The normalized spacial score (nSPS) is 12.2. The van der Waals surface area contributed by atoms with Crippen molar-refractivity contribution in [3.63, 3.8) is 0 Å². The number of fused-ring (bicyclic) bond motifs is 1. The molecule has 0 aromatic carbocycles. The van der Waals surface area contributed by atoms with E-state index in [9.17, 15) is 40.3 Å². The van der Waals surface area contributed by atoms with Crippen LogP contribution < -0.4 is 11.1 Å². The van der Waals surface area contributed by atoms with Crippen LogP contribution in [0, 0.1) is 6.92 Å². The van der Waals surface area contributed by atoms with Gasteiger partial charge in [-0.2, -0.15) is 23.4 Å². The lowest BCUT2D eigenvalue weighted by atomic mass is 10.0. The summed E-state index contributed by atoms with van der Waals surface area (Å²) in [5.74, 6) is -2.28. The smallest absolute Gasteiger partial charge is 0.365 e. The Hall–Kier alpha value is -3.73. The number of anilines is 1. The van der Waals surface area contributed by atoms with Gasteiger partial charge in [0.1, 0.15) is 33.3 Å². The van der Waals surface area contributed by atoms with Crippen molar-refractivity contribution in [2.45, 2.75) is 32.5 Å². The summed E-state index contributed by atoms with van der Waals surface area (Å²) in [6.45, 7) is 0.506. The molecule has 4 aromatic rings. The standard InChI is InChI=1S/C21H15ClF7N7O2S/c1-6-8(4-31-35(6)2)7-3-9(21(27,28)29)32-20-11(7)13(16(39-20)19(30)38)33-10(37)5-36-15(18(25)26)12(22)14(34-36)17(23)24/h3-4,17-18H,5H2,1-2H3,(H2,30,38)(H,33,37). The number of alkyl halides is 7. The number of pyridine rings is 1. The molecule has 39 heavy (non-hydrogen) atoms. The number of aryl methyl sites for hydroxylation is 1. The summed E-state index contributed by atoms with van der Waals surface area (Å²) in [6, 6.07) is 0.705. The molecule has 0 saturated heterocycles. The van der Waals surface area contributed by atoms with Gasteiger partial charge in [-0.3, -0.25) is 19.0 Å². The molecule has 0 bridgehead atoms. The molecular formula is C21H15ClF7N7O2S. The van der Waals surface area contributed by atoms with Gasteiger partial charge in [0.15, 0.2) is 0 Å². The van der Waals surface area contributed by atoms with Crippen LogP contribution in [-0.2, 0) is 24.6 Å². The molecule has 0 atom stereocenters. The number of nitrogens with two attached hydrogens (primary N) is 1. The second-order valence-corrected chi connectivity index (χ2v) is 9.44. The maximum absolute atomic E-state index is 13.7. The first kappa shape index (κ1) is 28.3. The topological polar surface area (TPSA) is 121 Å². The Morgan fingerprint density at radius 2 is 1.85 bits per heavy atom. The molecule has 9 nitrogen and oxygen atoms in total. The Bertz CT molecular complexity index is 1610. The molecule has 4 heterocycles. The monoisotopic (exact) mass is 597 g/mol. The zero-order valence-electron chi connectivity index (χ0n) is 19.6. The number of halogens is 8. The van der Waals surface area contributed by atoms with Crippen molar-refractivity contribution < 1.29 is 40.3 Å². The number of carbonyl (C=O) groups excluding carboxylic acids is 2. The number of nitrogens with zero attached hydrogens (tertiary/aromatic N) is 5. The van der Waals surface area contributed by atoms with E-state index in [1.165, 1.54) is 17.9 Å². The molecule has 0 unspecified atom stereocenters. The first-order valence-corrected chi connectivity index (χ1v) is 11.8. The maximum atomic E-state index is 13.7. The van der Waals surface area contributed by atoms with Gasteiger partial charge in [-0.25, -0.2) is 22.5 Å². The largest absolute Gasteiger partial charge is 0.433 e. The Kier molecular flexibility index (Phi) is 7.33. The number of aromatic nitrogens is 5. The van der Waals surface area contributed by atoms with Crippen LogP contribution >= 0.6 is 22.9 Å². The third kappa shape index (κ3) is 5.15. The van der Waals surface area contributed by atoms with E-state index in [1.54, 1.807) is 6.92 Å². The molecular weight excluding hydrogens is 583 g/mol. The first-order chi connectivity index (χ1) is 18.1. The average molecular weight is 598 g/mol. The highest BCUT2D eigenvalue weighted by Gasteiger charge is 2.36. The Morgan fingerprint density at radius 1 is 1.18 bits per heavy atom. The van der Waals surface area contributed by atoms with Gasteiger partial charge in [0.05, 0.1) is 16.9 Å². The second-order valence-electron chi connectivity index (χ2n) is 8.06. The van der Waals surface area contributed by atoms with Gasteiger partial charge in [-0.1, -0.05) is 11.6 Å². The van der Waals surface area contributed by atoms with Crippen molar-refractivity contribution in [3.8, 4) is 11.1 Å². The summed E-state index contributed by atoms with van der Waals surface area (Å²) in [4.78, 5) is 28.0. The number of primary amides is 1. The summed E-state index contributed by atoms with van der Waals surface area (Å²) in [5, 5.41) is 8.45. The maximum Gasteiger partial charge on any atom is 0.433 e. The minimum atomic E-state index is -4.88. The van der Waals surface area contributed by atoms with Gasteiger partial charge in [-0.05, 0) is 18.6 Å². The molecule has 18 heteroatoms. The summed E-state index contributed by atoms with van der Waals surface area (Å²) in [7, 11) is 1.54. The first-order valence-electron chi connectivity index (χ1n) is 10.6. The molecule has 4 aromatic heterocycles. The lowest BCUT2D eigenvalue weighted by molar-refractivity contribution is -0.140. The second kappa shape index (κ2) is 10.1. The molecule has 0 aliphatic heterocycles.